The quantitative estimate of drug-likeness (QED) is 0.769. The lowest BCUT2D eigenvalue weighted by Gasteiger charge is -2.08. The molecule has 0 aliphatic heterocycles. The van der Waals surface area contributed by atoms with E-state index in [9.17, 15) is 4.79 Å². The van der Waals surface area contributed by atoms with E-state index in [1.165, 1.54) is 0 Å². The molecular weight excluding hydrogens is 304 g/mol. The van der Waals surface area contributed by atoms with Gasteiger partial charge >= 0.3 is 0 Å². The number of carbonyl (C=O) groups is 1. The van der Waals surface area contributed by atoms with Crippen molar-refractivity contribution in [3.05, 3.63) is 64.1 Å². The Hall–Kier alpha value is -1.61. The molecule has 98 valence electrons. The van der Waals surface area contributed by atoms with Gasteiger partial charge in [-0.1, -0.05) is 46.3 Å². The highest BCUT2D eigenvalue weighted by molar-refractivity contribution is 9.10. The number of hydrogen-bond donors (Lipinski definition) is 0. The van der Waals surface area contributed by atoms with Crippen molar-refractivity contribution in [3.63, 3.8) is 0 Å². The standard InChI is InChI=1S/C16H15BrO2/c1-19-16-10-8-14(17)11-13(16)7-9-15(18)12-5-3-2-4-6-12/h2-6,8,10-11H,7,9H2,1H3. The first kappa shape index (κ1) is 13.8. The Labute approximate surface area is 121 Å². The maximum absolute atomic E-state index is 12.1. The van der Waals surface area contributed by atoms with Crippen molar-refractivity contribution in [3.8, 4) is 5.75 Å². The van der Waals surface area contributed by atoms with Crippen LogP contribution in [-0.4, -0.2) is 12.9 Å². The third kappa shape index (κ3) is 3.67. The zero-order valence-electron chi connectivity index (χ0n) is 10.7. The van der Waals surface area contributed by atoms with Crippen LogP contribution in [0.25, 0.3) is 0 Å². The summed E-state index contributed by atoms with van der Waals surface area (Å²) in [6, 6.07) is 15.2. The lowest BCUT2D eigenvalue weighted by molar-refractivity contribution is 0.0982. The molecule has 0 radical (unpaired) electrons. The van der Waals surface area contributed by atoms with Crippen molar-refractivity contribution in [2.75, 3.05) is 7.11 Å². The zero-order valence-corrected chi connectivity index (χ0v) is 12.3. The maximum Gasteiger partial charge on any atom is 0.163 e. The number of rotatable bonds is 5. The monoisotopic (exact) mass is 318 g/mol. The molecule has 2 nitrogen and oxygen atoms in total. The Morgan fingerprint density at radius 3 is 2.58 bits per heavy atom. The van der Waals surface area contributed by atoms with Gasteiger partial charge < -0.3 is 4.74 Å². The second-order valence-electron chi connectivity index (χ2n) is 4.25. The van der Waals surface area contributed by atoms with E-state index in [0.717, 1.165) is 21.3 Å². The molecule has 0 unspecified atom stereocenters. The van der Waals surface area contributed by atoms with Crippen LogP contribution in [0.1, 0.15) is 22.3 Å². The highest BCUT2D eigenvalue weighted by Gasteiger charge is 2.09. The summed E-state index contributed by atoms with van der Waals surface area (Å²) >= 11 is 3.44. The molecule has 2 rings (SSSR count). The number of benzene rings is 2. The maximum atomic E-state index is 12.1. The van der Waals surface area contributed by atoms with Gasteiger partial charge in [0.2, 0.25) is 0 Å². The molecule has 0 aliphatic carbocycles. The van der Waals surface area contributed by atoms with Gasteiger partial charge in [0.25, 0.3) is 0 Å². The van der Waals surface area contributed by atoms with E-state index in [0.29, 0.717) is 12.8 Å². The summed E-state index contributed by atoms with van der Waals surface area (Å²) in [5.41, 5.74) is 1.80. The Balaban J connectivity index is 2.07. The number of aryl methyl sites for hydroxylation is 1. The lowest BCUT2D eigenvalue weighted by atomic mass is 10.0. The molecule has 0 N–H and O–H groups in total. The molecule has 0 saturated carbocycles. The first-order valence-corrected chi connectivity index (χ1v) is 6.90. The summed E-state index contributed by atoms with van der Waals surface area (Å²) in [4.78, 5) is 12.1. The molecule has 0 amide bonds. The first-order valence-electron chi connectivity index (χ1n) is 6.11. The van der Waals surface area contributed by atoms with Crippen molar-refractivity contribution < 1.29 is 9.53 Å². The highest BCUT2D eigenvalue weighted by Crippen LogP contribution is 2.24. The third-order valence-corrected chi connectivity index (χ3v) is 3.45. The van der Waals surface area contributed by atoms with Crippen molar-refractivity contribution in [1.29, 1.82) is 0 Å². The Morgan fingerprint density at radius 1 is 1.16 bits per heavy atom. The van der Waals surface area contributed by atoms with Gasteiger partial charge in [0, 0.05) is 16.5 Å². The largest absolute Gasteiger partial charge is 0.496 e. The van der Waals surface area contributed by atoms with Crippen LogP contribution in [0.4, 0.5) is 0 Å². The van der Waals surface area contributed by atoms with E-state index >= 15 is 0 Å². The van der Waals surface area contributed by atoms with Crippen molar-refractivity contribution >= 4 is 21.7 Å². The third-order valence-electron chi connectivity index (χ3n) is 2.96. The number of ketones is 1. The minimum atomic E-state index is 0.155. The van der Waals surface area contributed by atoms with Gasteiger partial charge in [-0.3, -0.25) is 4.79 Å². The van der Waals surface area contributed by atoms with Gasteiger partial charge in [-0.05, 0) is 30.2 Å². The van der Waals surface area contributed by atoms with Crippen LogP contribution in [0, 0.1) is 0 Å². The minimum Gasteiger partial charge on any atom is -0.496 e. The average Bonchev–Trinajstić information content (AvgIpc) is 2.46. The summed E-state index contributed by atoms with van der Waals surface area (Å²) in [5.74, 6) is 0.978. The molecule has 0 spiro atoms. The molecule has 2 aromatic rings. The molecule has 0 fully saturated rings. The Bertz CT molecular complexity index is 564. The molecule has 19 heavy (non-hydrogen) atoms. The Morgan fingerprint density at radius 2 is 1.89 bits per heavy atom. The number of carbonyl (C=O) groups excluding carboxylic acids is 1. The summed E-state index contributed by atoms with van der Waals surface area (Å²) in [5, 5.41) is 0. The van der Waals surface area contributed by atoms with E-state index in [4.69, 9.17) is 4.74 Å². The normalized spacial score (nSPS) is 10.2. The fraction of sp³-hybridized carbons (Fsp3) is 0.188. The van der Waals surface area contributed by atoms with Crippen LogP contribution in [0.2, 0.25) is 0 Å². The van der Waals surface area contributed by atoms with E-state index in [1.807, 2.05) is 48.5 Å². The molecule has 0 aliphatic rings. The van der Waals surface area contributed by atoms with Crippen molar-refractivity contribution in [2.45, 2.75) is 12.8 Å². The second-order valence-corrected chi connectivity index (χ2v) is 5.16. The smallest absolute Gasteiger partial charge is 0.163 e. The Kier molecular flexibility index (Phi) is 4.74. The van der Waals surface area contributed by atoms with Crippen LogP contribution in [0.3, 0.4) is 0 Å². The van der Waals surface area contributed by atoms with E-state index in [2.05, 4.69) is 15.9 Å². The van der Waals surface area contributed by atoms with Gasteiger partial charge in [-0.15, -0.1) is 0 Å². The molecule has 2 aromatic carbocycles. The summed E-state index contributed by atoms with van der Waals surface area (Å²) in [7, 11) is 1.64. The van der Waals surface area contributed by atoms with Crippen LogP contribution < -0.4 is 4.74 Å². The summed E-state index contributed by atoms with van der Waals surface area (Å²) in [6.07, 6.45) is 1.16. The first-order chi connectivity index (χ1) is 9.20. The summed E-state index contributed by atoms with van der Waals surface area (Å²) < 4.78 is 6.30. The SMILES string of the molecule is COc1ccc(Br)cc1CCC(=O)c1ccccc1. The minimum absolute atomic E-state index is 0.155. The fourth-order valence-corrected chi connectivity index (χ4v) is 2.37. The number of Topliss-reactive ketones (excluding diaryl/α,β-unsaturated/α-hetero) is 1. The molecule has 0 bridgehead atoms. The fourth-order valence-electron chi connectivity index (χ4n) is 1.96. The van der Waals surface area contributed by atoms with E-state index < -0.39 is 0 Å². The van der Waals surface area contributed by atoms with E-state index in [1.54, 1.807) is 7.11 Å². The molecule has 3 heteroatoms. The van der Waals surface area contributed by atoms with Gasteiger partial charge in [0.15, 0.2) is 5.78 Å². The van der Waals surface area contributed by atoms with Crippen LogP contribution >= 0.6 is 15.9 Å². The number of ether oxygens (including phenoxy) is 1. The van der Waals surface area contributed by atoms with Crippen LogP contribution in [0.5, 0.6) is 5.75 Å². The molecule has 0 saturated heterocycles. The van der Waals surface area contributed by atoms with Gasteiger partial charge in [-0.2, -0.15) is 0 Å². The molecule has 0 heterocycles. The highest BCUT2D eigenvalue weighted by atomic mass is 79.9. The van der Waals surface area contributed by atoms with Crippen LogP contribution in [-0.2, 0) is 6.42 Å². The van der Waals surface area contributed by atoms with Crippen molar-refractivity contribution in [2.24, 2.45) is 0 Å². The van der Waals surface area contributed by atoms with E-state index in [-0.39, 0.29) is 5.78 Å². The topological polar surface area (TPSA) is 26.3 Å². The number of hydrogen-bond acceptors (Lipinski definition) is 2. The van der Waals surface area contributed by atoms with Crippen molar-refractivity contribution in [1.82, 2.24) is 0 Å². The van der Waals surface area contributed by atoms with Crippen LogP contribution in [0.15, 0.2) is 53.0 Å². The molecule has 0 atom stereocenters. The number of halogens is 1. The van der Waals surface area contributed by atoms with Gasteiger partial charge in [0.1, 0.15) is 5.75 Å². The zero-order chi connectivity index (χ0) is 13.7. The summed E-state index contributed by atoms with van der Waals surface area (Å²) in [6.45, 7) is 0. The van der Waals surface area contributed by atoms with Gasteiger partial charge in [0.05, 0.1) is 7.11 Å². The van der Waals surface area contributed by atoms with Gasteiger partial charge in [-0.25, -0.2) is 0 Å². The average molecular weight is 319 g/mol. The molecule has 0 aromatic heterocycles. The predicted octanol–water partition coefficient (Wildman–Crippen LogP) is 4.27. The molecular formula is C16H15BrO2. The predicted molar refractivity (Wildman–Crippen MR) is 79.8 cm³/mol. The number of methoxy groups -OCH3 is 1. The second kappa shape index (κ2) is 6.53. The lowest BCUT2D eigenvalue weighted by Crippen LogP contribution is -2.02.